The zero-order valence-electron chi connectivity index (χ0n) is 17.1. The highest BCUT2D eigenvalue weighted by atomic mass is 16.1. The number of nitrogens with zero attached hydrogens (tertiary/aromatic N) is 1. The average molecular weight is 364 g/mol. The molecule has 3 nitrogen and oxygen atoms in total. The van der Waals surface area contributed by atoms with Crippen LogP contribution in [0.4, 0.5) is 0 Å². The monoisotopic (exact) mass is 363 g/mol. The molecule has 1 unspecified atom stereocenters. The molecular weight excluding hydrogens is 322 g/mol. The van der Waals surface area contributed by atoms with E-state index >= 15 is 0 Å². The molecule has 1 saturated heterocycles. The molecular formula is C23H41NO2. The molecule has 0 radical (unpaired) electrons. The van der Waals surface area contributed by atoms with Gasteiger partial charge in [-0.25, -0.2) is 0 Å². The van der Waals surface area contributed by atoms with Crippen LogP contribution in [0.3, 0.4) is 0 Å². The Morgan fingerprint density at radius 2 is 1.38 bits per heavy atom. The molecule has 1 heterocycles. The number of piperidine rings is 1. The van der Waals surface area contributed by atoms with Crippen LogP contribution < -0.4 is 0 Å². The summed E-state index contributed by atoms with van der Waals surface area (Å²) in [6.07, 6.45) is 20.9. The van der Waals surface area contributed by atoms with Gasteiger partial charge in [-0.2, -0.15) is 0 Å². The summed E-state index contributed by atoms with van der Waals surface area (Å²) in [6.45, 7) is 4.02. The van der Waals surface area contributed by atoms with Gasteiger partial charge in [-0.3, -0.25) is 9.69 Å². The van der Waals surface area contributed by atoms with Crippen LogP contribution in [0.1, 0.15) is 110 Å². The maximum absolute atomic E-state index is 11.6. The van der Waals surface area contributed by atoms with Gasteiger partial charge in [-0.05, 0) is 19.3 Å². The maximum Gasteiger partial charge on any atom is 0.135 e. The van der Waals surface area contributed by atoms with E-state index in [9.17, 15) is 9.59 Å². The van der Waals surface area contributed by atoms with Gasteiger partial charge in [0.1, 0.15) is 12.1 Å². The number of hydrogen-bond donors (Lipinski definition) is 0. The number of carbonyl (C=O) groups excluding carboxylic acids is 2. The molecule has 0 bridgehead atoms. The van der Waals surface area contributed by atoms with E-state index < -0.39 is 0 Å². The number of aldehydes is 1. The maximum atomic E-state index is 11.6. The fourth-order valence-corrected chi connectivity index (χ4v) is 4.59. The first kappa shape index (κ1) is 21.6. The van der Waals surface area contributed by atoms with Crippen molar-refractivity contribution in [1.29, 1.82) is 0 Å². The number of ketones is 1. The van der Waals surface area contributed by atoms with Crippen LogP contribution in [0.2, 0.25) is 0 Å². The van der Waals surface area contributed by atoms with E-state index in [0.717, 1.165) is 32.4 Å². The molecule has 2 rings (SSSR count). The second kappa shape index (κ2) is 11.9. The van der Waals surface area contributed by atoms with Crippen LogP contribution >= 0.6 is 0 Å². The lowest BCUT2D eigenvalue weighted by Crippen LogP contribution is -2.46. The van der Waals surface area contributed by atoms with Crippen molar-refractivity contribution >= 4 is 12.1 Å². The largest absolute Gasteiger partial charge is 0.303 e. The SMILES string of the molecule is CCCCCCCCCCCCCC(N1CCC(=O)CC1)C1(C=O)CC1. The first-order chi connectivity index (χ1) is 12.7. The Kier molecular flexibility index (Phi) is 9.88. The second-order valence-corrected chi connectivity index (χ2v) is 8.77. The minimum atomic E-state index is -0.0706. The van der Waals surface area contributed by atoms with E-state index in [-0.39, 0.29) is 5.41 Å². The van der Waals surface area contributed by atoms with Gasteiger partial charge in [0.2, 0.25) is 0 Å². The van der Waals surface area contributed by atoms with Gasteiger partial charge in [0.15, 0.2) is 0 Å². The summed E-state index contributed by atoms with van der Waals surface area (Å²) in [5.41, 5.74) is -0.0706. The molecule has 2 aliphatic rings. The Morgan fingerprint density at radius 1 is 0.885 bits per heavy atom. The molecule has 2 fully saturated rings. The molecule has 0 spiro atoms. The Bertz CT molecular complexity index is 406. The smallest absolute Gasteiger partial charge is 0.135 e. The van der Waals surface area contributed by atoms with E-state index in [2.05, 4.69) is 11.8 Å². The number of likely N-dealkylation sites (tertiary alicyclic amines) is 1. The topological polar surface area (TPSA) is 37.4 Å². The van der Waals surface area contributed by atoms with Crippen molar-refractivity contribution in [2.24, 2.45) is 5.41 Å². The van der Waals surface area contributed by atoms with E-state index in [0.29, 0.717) is 24.7 Å². The molecule has 26 heavy (non-hydrogen) atoms. The molecule has 1 aliphatic heterocycles. The Hall–Kier alpha value is -0.700. The van der Waals surface area contributed by atoms with Gasteiger partial charge >= 0.3 is 0 Å². The first-order valence-electron chi connectivity index (χ1n) is 11.4. The molecule has 1 atom stereocenters. The summed E-state index contributed by atoms with van der Waals surface area (Å²) in [7, 11) is 0. The van der Waals surface area contributed by atoms with Crippen LogP contribution in [0.25, 0.3) is 0 Å². The molecule has 0 aromatic carbocycles. The van der Waals surface area contributed by atoms with Gasteiger partial charge in [0, 0.05) is 37.4 Å². The minimum Gasteiger partial charge on any atom is -0.303 e. The average Bonchev–Trinajstić information content (AvgIpc) is 3.45. The zero-order chi connectivity index (χ0) is 18.7. The first-order valence-corrected chi connectivity index (χ1v) is 11.4. The highest BCUT2D eigenvalue weighted by Crippen LogP contribution is 2.50. The van der Waals surface area contributed by atoms with Crippen LogP contribution in [0.5, 0.6) is 0 Å². The third-order valence-corrected chi connectivity index (χ3v) is 6.60. The molecule has 150 valence electrons. The second-order valence-electron chi connectivity index (χ2n) is 8.77. The van der Waals surface area contributed by atoms with Crippen LogP contribution in [-0.4, -0.2) is 36.1 Å². The summed E-state index contributed by atoms with van der Waals surface area (Å²) in [4.78, 5) is 25.6. The molecule has 3 heteroatoms. The zero-order valence-corrected chi connectivity index (χ0v) is 17.1. The van der Waals surface area contributed by atoms with E-state index in [1.165, 1.54) is 76.9 Å². The van der Waals surface area contributed by atoms with Crippen molar-refractivity contribution in [2.75, 3.05) is 13.1 Å². The van der Waals surface area contributed by atoms with Gasteiger partial charge in [0.25, 0.3) is 0 Å². The summed E-state index contributed by atoms with van der Waals surface area (Å²) in [5.74, 6) is 0.394. The number of carbonyl (C=O) groups is 2. The lowest BCUT2D eigenvalue weighted by molar-refractivity contribution is -0.123. The molecule has 0 N–H and O–H groups in total. The van der Waals surface area contributed by atoms with E-state index in [4.69, 9.17) is 0 Å². The van der Waals surface area contributed by atoms with Crippen molar-refractivity contribution in [3.8, 4) is 0 Å². The highest BCUT2D eigenvalue weighted by molar-refractivity contribution is 5.79. The summed E-state index contributed by atoms with van der Waals surface area (Å²) in [6, 6.07) is 0.395. The van der Waals surface area contributed by atoms with Gasteiger partial charge in [-0.15, -0.1) is 0 Å². The van der Waals surface area contributed by atoms with Crippen molar-refractivity contribution in [3.63, 3.8) is 0 Å². The molecule has 0 aromatic rings. The summed E-state index contributed by atoms with van der Waals surface area (Å²) in [5, 5.41) is 0. The number of rotatable bonds is 15. The van der Waals surface area contributed by atoms with Crippen molar-refractivity contribution in [1.82, 2.24) is 4.90 Å². The predicted octanol–water partition coefficient (Wildman–Crippen LogP) is 5.70. The standard InChI is InChI=1S/C23H41NO2/c1-2-3-4-5-6-7-8-9-10-11-12-13-22(23(20-25)16-17-23)24-18-14-21(26)15-19-24/h20,22H,2-19H2,1H3. The van der Waals surface area contributed by atoms with Crippen molar-refractivity contribution in [3.05, 3.63) is 0 Å². The summed E-state index contributed by atoms with van der Waals surface area (Å²) < 4.78 is 0. The van der Waals surface area contributed by atoms with Crippen molar-refractivity contribution in [2.45, 2.75) is 116 Å². The van der Waals surface area contributed by atoms with Crippen LogP contribution in [0, 0.1) is 5.41 Å². The summed E-state index contributed by atoms with van der Waals surface area (Å²) >= 11 is 0. The molecule has 1 aliphatic carbocycles. The van der Waals surface area contributed by atoms with Gasteiger partial charge < -0.3 is 4.79 Å². The van der Waals surface area contributed by atoms with Crippen LogP contribution in [0.15, 0.2) is 0 Å². The normalized spacial score (nSPS) is 20.9. The van der Waals surface area contributed by atoms with E-state index in [1.807, 2.05) is 0 Å². The Balaban J connectivity index is 1.56. The minimum absolute atomic E-state index is 0.0706. The third-order valence-electron chi connectivity index (χ3n) is 6.60. The van der Waals surface area contributed by atoms with Gasteiger partial charge in [0.05, 0.1) is 0 Å². The lowest BCUT2D eigenvalue weighted by atomic mass is 9.89. The Labute approximate surface area is 161 Å². The number of hydrogen-bond acceptors (Lipinski definition) is 3. The van der Waals surface area contributed by atoms with Gasteiger partial charge in [-0.1, -0.05) is 77.6 Å². The predicted molar refractivity (Wildman–Crippen MR) is 108 cm³/mol. The molecule has 0 amide bonds. The van der Waals surface area contributed by atoms with Crippen LogP contribution in [-0.2, 0) is 9.59 Å². The fourth-order valence-electron chi connectivity index (χ4n) is 4.59. The van der Waals surface area contributed by atoms with E-state index in [1.54, 1.807) is 0 Å². The van der Waals surface area contributed by atoms with Crippen molar-refractivity contribution < 1.29 is 9.59 Å². The molecule has 0 aromatic heterocycles. The fraction of sp³-hybridized carbons (Fsp3) is 0.913. The third kappa shape index (κ3) is 7.13. The lowest BCUT2D eigenvalue weighted by Gasteiger charge is -2.37. The number of Topliss-reactive ketones (excluding diaryl/α,β-unsaturated/α-hetero) is 1. The quantitative estimate of drug-likeness (QED) is 0.277. The highest BCUT2D eigenvalue weighted by Gasteiger charge is 2.51. The molecule has 1 saturated carbocycles. The Morgan fingerprint density at radius 3 is 1.85 bits per heavy atom. The number of unbranched alkanes of at least 4 members (excludes halogenated alkanes) is 10.